The number of hydrogen-bond acceptors (Lipinski definition) is 5. The fraction of sp³-hybridized carbons (Fsp3) is 0.818. The van der Waals surface area contributed by atoms with E-state index in [1.165, 1.54) is 6.92 Å². The van der Waals surface area contributed by atoms with E-state index in [0.717, 1.165) is 7.11 Å². The van der Waals surface area contributed by atoms with Gasteiger partial charge in [0.05, 0.1) is 7.11 Å². The third-order valence-electron chi connectivity index (χ3n) is 3.06. The molecule has 0 unspecified atom stereocenters. The van der Waals surface area contributed by atoms with E-state index in [9.17, 15) is 22.8 Å². The van der Waals surface area contributed by atoms with Crippen LogP contribution in [0, 0.1) is 0 Å². The highest BCUT2D eigenvalue weighted by Gasteiger charge is 2.62. The molecule has 0 saturated carbocycles. The van der Waals surface area contributed by atoms with Crippen LogP contribution in [0.15, 0.2) is 0 Å². The van der Waals surface area contributed by atoms with E-state index in [1.54, 1.807) is 0 Å². The molecule has 110 valence electrons. The monoisotopic (exact) mass is 283 g/mol. The number of piperidine rings is 1. The number of esters is 2. The lowest BCUT2D eigenvalue weighted by Gasteiger charge is -2.40. The molecule has 19 heavy (non-hydrogen) atoms. The fourth-order valence-corrected chi connectivity index (χ4v) is 2.12. The summed E-state index contributed by atoms with van der Waals surface area (Å²) in [6, 6.07) is -0.724. The van der Waals surface area contributed by atoms with Crippen molar-refractivity contribution in [3.63, 3.8) is 0 Å². The van der Waals surface area contributed by atoms with Crippen LogP contribution in [0.4, 0.5) is 13.2 Å². The van der Waals surface area contributed by atoms with Crippen LogP contribution in [-0.2, 0) is 19.1 Å². The van der Waals surface area contributed by atoms with Gasteiger partial charge in [0, 0.05) is 13.0 Å². The molecule has 0 bridgehead atoms. The van der Waals surface area contributed by atoms with Crippen molar-refractivity contribution in [2.45, 2.75) is 43.9 Å². The zero-order chi connectivity index (χ0) is 14.7. The van der Waals surface area contributed by atoms with Gasteiger partial charge in [0.15, 0.2) is 0 Å². The summed E-state index contributed by atoms with van der Waals surface area (Å²) >= 11 is 0. The summed E-state index contributed by atoms with van der Waals surface area (Å²) < 4.78 is 48.3. The smallest absolute Gasteiger partial charge is 0.417 e. The largest absolute Gasteiger partial charge is 0.467 e. The number of carbonyl (C=O) groups is 2. The molecule has 0 spiro atoms. The third kappa shape index (κ3) is 3.37. The Balaban J connectivity index is 2.87. The van der Waals surface area contributed by atoms with E-state index < -0.39 is 29.7 Å². The van der Waals surface area contributed by atoms with Crippen LogP contribution >= 0.6 is 0 Å². The number of ether oxygens (including phenoxy) is 2. The molecule has 1 fully saturated rings. The van der Waals surface area contributed by atoms with Crippen molar-refractivity contribution in [3.8, 4) is 0 Å². The van der Waals surface area contributed by atoms with Gasteiger partial charge < -0.3 is 9.47 Å². The first kappa shape index (κ1) is 15.7. The molecule has 0 aliphatic carbocycles. The van der Waals surface area contributed by atoms with Gasteiger partial charge in [0.1, 0.15) is 6.61 Å². The molecule has 0 aromatic carbocycles. The molecule has 0 amide bonds. The van der Waals surface area contributed by atoms with Crippen molar-refractivity contribution in [1.82, 2.24) is 5.32 Å². The van der Waals surface area contributed by atoms with Crippen molar-refractivity contribution in [2.24, 2.45) is 0 Å². The van der Waals surface area contributed by atoms with Gasteiger partial charge in [-0.1, -0.05) is 0 Å². The van der Waals surface area contributed by atoms with Crippen molar-refractivity contribution >= 4 is 11.9 Å². The third-order valence-corrected chi connectivity index (χ3v) is 3.06. The van der Waals surface area contributed by atoms with Crippen LogP contribution in [0.25, 0.3) is 0 Å². The maximum Gasteiger partial charge on any atom is 0.417 e. The second-order valence-electron chi connectivity index (χ2n) is 4.43. The second kappa shape index (κ2) is 5.77. The Morgan fingerprint density at radius 3 is 2.53 bits per heavy atom. The van der Waals surface area contributed by atoms with Gasteiger partial charge in [0.2, 0.25) is 5.54 Å². The number of methoxy groups -OCH3 is 1. The minimum absolute atomic E-state index is 0.188. The van der Waals surface area contributed by atoms with Crippen LogP contribution in [0.2, 0.25) is 0 Å². The Kier molecular flexibility index (Phi) is 4.78. The van der Waals surface area contributed by atoms with Gasteiger partial charge in [-0.2, -0.15) is 13.2 Å². The molecule has 1 aliphatic heterocycles. The molecule has 8 heteroatoms. The van der Waals surface area contributed by atoms with Gasteiger partial charge in [-0.3, -0.25) is 10.1 Å². The maximum absolute atomic E-state index is 13.1. The Labute approximate surface area is 108 Å². The lowest BCUT2D eigenvalue weighted by atomic mass is 9.85. The quantitative estimate of drug-likeness (QED) is 0.788. The molecule has 0 aromatic rings. The molecule has 1 heterocycles. The number of carbonyl (C=O) groups excluding carboxylic acids is 2. The Morgan fingerprint density at radius 1 is 1.42 bits per heavy atom. The minimum Gasteiger partial charge on any atom is -0.467 e. The standard InChI is InChI=1S/C11H16F3NO4/c1-7(16)19-6-8-4-3-5-10(15-8,9(17)18-2)11(12,13)14/h8,15H,3-6H2,1-2H3/t8-,10-/m0/s1. The van der Waals surface area contributed by atoms with Gasteiger partial charge in [-0.05, 0) is 19.3 Å². The molecule has 0 radical (unpaired) electrons. The number of nitrogens with one attached hydrogen (secondary N) is 1. The van der Waals surface area contributed by atoms with E-state index in [-0.39, 0.29) is 19.4 Å². The lowest BCUT2D eigenvalue weighted by molar-refractivity contribution is -0.220. The summed E-state index contributed by atoms with van der Waals surface area (Å²) in [6.45, 7) is 0.963. The lowest BCUT2D eigenvalue weighted by Crippen LogP contribution is -2.67. The summed E-state index contributed by atoms with van der Waals surface area (Å²) in [5, 5.41) is 2.24. The summed E-state index contributed by atoms with van der Waals surface area (Å²) in [7, 11) is 0.910. The second-order valence-corrected chi connectivity index (χ2v) is 4.43. The summed E-state index contributed by atoms with van der Waals surface area (Å²) in [5.41, 5.74) is -2.72. The van der Waals surface area contributed by atoms with Gasteiger partial charge in [-0.15, -0.1) is 0 Å². The summed E-state index contributed by atoms with van der Waals surface area (Å²) in [6.07, 6.45) is -4.58. The van der Waals surface area contributed by atoms with E-state index in [2.05, 4.69) is 14.8 Å². The molecule has 1 N–H and O–H groups in total. The molecule has 5 nitrogen and oxygen atoms in total. The van der Waals surface area contributed by atoms with Crippen molar-refractivity contribution in [3.05, 3.63) is 0 Å². The molecule has 0 aromatic heterocycles. The Bertz CT molecular complexity index is 358. The van der Waals surface area contributed by atoms with Crippen LogP contribution in [0.5, 0.6) is 0 Å². The number of halogens is 3. The predicted molar refractivity (Wildman–Crippen MR) is 58.2 cm³/mol. The Morgan fingerprint density at radius 2 is 2.05 bits per heavy atom. The minimum atomic E-state index is -4.77. The maximum atomic E-state index is 13.1. The number of rotatable bonds is 3. The van der Waals surface area contributed by atoms with Crippen molar-refractivity contribution < 1.29 is 32.2 Å². The SMILES string of the molecule is COC(=O)[C@]1(C(F)(F)F)CCC[C@@H](COC(C)=O)N1. The highest BCUT2D eigenvalue weighted by molar-refractivity contribution is 5.82. The normalized spacial score (nSPS) is 27.7. The molecule has 1 rings (SSSR count). The fourth-order valence-electron chi connectivity index (χ4n) is 2.12. The average molecular weight is 283 g/mol. The highest BCUT2D eigenvalue weighted by atomic mass is 19.4. The molecule has 1 saturated heterocycles. The van der Waals surface area contributed by atoms with Gasteiger partial charge >= 0.3 is 18.1 Å². The predicted octanol–water partition coefficient (Wildman–Crippen LogP) is 1.17. The molecule has 1 aliphatic rings. The van der Waals surface area contributed by atoms with E-state index in [0.29, 0.717) is 6.42 Å². The van der Waals surface area contributed by atoms with Crippen LogP contribution in [-0.4, -0.2) is 43.4 Å². The first-order chi connectivity index (χ1) is 8.73. The highest BCUT2D eigenvalue weighted by Crippen LogP contribution is 2.38. The first-order valence-corrected chi connectivity index (χ1v) is 5.79. The van der Waals surface area contributed by atoms with E-state index >= 15 is 0 Å². The molecule has 2 atom stereocenters. The molecular formula is C11H16F3NO4. The summed E-state index contributed by atoms with van der Waals surface area (Å²) in [4.78, 5) is 22.2. The van der Waals surface area contributed by atoms with E-state index in [1.807, 2.05) is 0 Å². The van der Waals surface area contributed by atoms with Crippen LogP contribution in [0.1, 0.15) is 26.2 Å². The Hall–Kier alpha value is -1.31. The van der Waals surface area contributed by atoms with Crippen LogP contribution < -0.4 is 5.32 Å². The average Bonchev–Trinajstić information content (AvgIpc) is 2.34. The molecular weight excluding hydrogens is 267 g/mol. The van der Waals surface area contributed by atoms with Crippen LogP contribution in [0.3, 0.4) is 0 Å². The topological polar surface area (TPSA) is 64.6 Å². The number of hydrogen-bond donors (Lipinski definition) is 1. The zero-order valence-corrected chi connectivity index (χ0v) is 10.7. The summed E-state index contributed by atoms with van der Waals surface area (Å²) in [5.74, 6) is -1.95. The zero-order valence-electron chi connectivity index (χ0n) is 10.7. The van der Waals surface area contributed by atoms with Crippen molar-refractivity contribution in [2.75, 3.05) is 13.7 Å². The van der Waals surface area contributed by atoms with E-state index in [4.69, 9.17) is 0 Å². The van der Waals surface area contributed by atoms with Gasteiger partial charge in [-0.25, -0.2) is 4.79 Å². The number of alkyl halides is 3. The van der Waals surface area contributed by atoms with Crippen molar-refractivity contribution in [1.29, 1.82) is 0 Å². The first-order valence-electron chi connectivity index (χ1n) is 5.79. The van der Waals surface area contributed by atoms with Gasteiger partial charge in [0.25, 0.3) is 0 Å².